The van der Waals surface area contributed by atoms with Gasteiger partial charge in [0.25, 0.3) is 11.1 Å². The first-order valence-electron chi connectivity index (χ1n) is 19.6. The first-order valence-corrected chi connectivity index (χ1v) is 20.0. The zero-order valence-corrected chi connectivity index (χ0v) is 34.3. The molecular formula is C46H39ClN12O2. The first kappa shape index (κ1) is 38.8. The van der Waals surface area contributed by atoms with Crippen LogP contribution in [0.15, 0.2) is 138 Å². The number of anilines is 2. The van der Waals surface area contributed by atoms with E-state index in [0.717, 1.165) is 55.6 Å². The van der Waals surface area contributed by atoms with Crippen LogP contribution in [-0.2, 0) is 0 Å². The van der Waals surface area contributed by atoms with Gasteiger partial charge in [-0.3, -0.25) is 18.7 Å². The summed E-state index contributed by atoms with van der Waals surface area (Å²) in [4.78, 5) is 58.8. The van der Waals surface area contributed by atoms with Crippen molar-refractivity contribution in [2.75, 3.05) is 10.6 Å². The average molecular weight is 827 g/mol. The summed E-state index contributed by atoms with van der Waals surface area (Å²) in [6.45, 7) is 8.00. The van der Waals surface area contributed by atoms with Gasteiger partial charge in [0.1, 0.15) is 23.7 Å². The van der Waals surface area contributed by atoms with Crippen molar-refractivity contribution < 1.29 is 0 Å². The molecule has 4 aromatic carbocycles. The summed E-state index contributed by atoms with van der Waals surface area (Å²) in [5.74, 6) is 1.26. The highest BCUT2D eigenvalue weighted by Crippen LogP contribution is 2.29. The SMILES string of the molecule is C[C@H](Nc1ncnc2nc[nH]c12)c1cc2cccc(Cl)c2c(=O)n1-c1ccccc1.Cc1cccc(-n2c([C@H](C)Nc3ncnc4nc[nH]c34)cc3cccc(C)c3c2=O)c1. The average Bonchev–Trinajstić information content (AvgIpc) is 3.96. The number of imidazole rings is 2. The number of para-hydroxylation sites is 1. The van der Waals surface area contributed by atoms with E-state index in [1.165, 1.54) is 12.7 Å². The number of pyridine rings is 2. The molecular weight excluding hydrogens is 788 g/mol. The summed E-state index contributed by atoms with van der Waals surface area (Å²) in [5, 5.41) is 10.2. The summed E-state index contributed by atoms with van der Waals surface area (Å²) in [6.07, 6.45) is 6.11. The molecule has 4 N–H and O–H groups in total. The lowest BCUT2D eigenvalue weighted by atomic mass is 10.0. The predicted molar refractivity (Wildman–Crippen MR) is 241 cm³/mol. The standard InChI is InChI=1S/C24H22N6O.C22H17ClN6O/c1-14-6-4-9-18(10-14)30-19(11-17-8-5-7-15(2)20(17)24(30)31)16(3)29-23-21-22(26-12-25-21)27-13-28-23;1-13(28-21-19-20(25-11-24-19)26-12-27-21)17-10-14-6-5-9-16(23)18(14)22(30)29(17)15-7-3-2-4-8-15/h4-13,16H,1-3H3,(H2,25,26,27,28,29);2-13H,1H3,(H2,24,25,26,27,28)/t16-;13-/m00/s1. The number of hydrogen-bond acceptors (Lipinski definition) is 10. The van der Waals surface area contributed by atoms with E-state index in [2.05, 4.69) is 56.6 Å². The Morgan fingerprint density at radius 2 is 1.10 bits per heavy atom. The summed E-state index contributed by atoms with van der Waals surface area (Å²) in [7, 11) is 0. The van der Waals surface area contributed by atoms with Gasteiger partial charge < -0.3 is 20.6 Å². The number of halogens is 1. The summed E-state index contributed by atoms with van der Waals surface area (Å²) in [6, 6.07) is 32.5. The van der Waals surface area contributed by atoms with Crippen LogP contribution >= 0.6 is 11.6 Å². The molecule has 10 rings (SSSR count). The van der Waals surface area contributed by atoms with E-state index in [1.54, 1.807) is 27.9 Å². The third kappa shape index (κ3) is 7.33. The van der Waals surface area contributed by atoms with Gasteiger partial charge in [0.2, 0.25) is 0 Å². The van der Waals surface area contributed by atoms with E-state index in [1.807, 2.05) is 119 Å². The van der Waals surface area contributed by atoms with Crippen molar-refractivity contribution in [1.29, 1.82) is 0 Å². The Labute approximate surface area is 353 Å². The predicted octanol–water partition coefficient (Wildman–Crippen LogP) is 8.93. The maximum atomic E-state index is 13.7. The van der Waals surface area contributed by atoms with Crippen molar-refractivity contribution >= 4 is 67.1 Å². The molecule has 10 aromatic rings. The van der Waals surface area contributed by atoms with Crippen molar-refractivity contribution in [1.82, 2.24) is 49.0 Å². The summed E-state index contributed by atoms with van der Waals surface area (Å²) in [5.41, 5.74) is 7.71. The Balaban J connectivity index is 0.000000156. The number of fused-ring (bicyclic) bond motifs is 4. The fraction of sp³-hybridized carbons (Fsp3) is 0.130. The highest BCUT2D eigenvalue weighted by Gasteiger charge is 2.21. The largest absolute Gasteiger partial charge is 0.360 e. The monoisotopic (exact) mass is 826 g/mol. The second-order valence-corrected chi connectivity index (χ2v) is 15.1. The van der Waals surface area contributed by atoms with Gasteiger partial charge in [-0.05, 0) is 92.1 Å². The molecule has 0 aliphatic carbocycles. The molecule has 0 bridgehead atoms. The highest BCUT2D eigenvalue weighted by molar-refractivity contribution is 6.35. The van der Waals surface area contributed by atoms with Crippen LogP contribution in [0.2, 0.25) is 5.02 Å². The molecule has 0 amide bonds. The van der Waals surface area contributed by atoms with E-state index in [9.17, 15) is 9.59 Å². The van der Waals surface area contributed by atoms with Crippen LogP contribution in [0.25, 0.3) is 55.2 Å². The Morgan fingerprint density at radius 3 is 1.70 bits per heavy atom. The molecule has 302 valence electrons. The van der Waals surface area contributed by atoms with E-state index in [4.69, 9.17) is 11.6 Å². The van der Waals surface area contributed by atoms with Crippen molar-refractivity contribution in [3.8, 4) is 11.4 Å². The van der Waals surface area contributed by atoms with Gasteiger partial charge in [-0.25, -0.2) is 29.9 Å². The molecule has 2 atom stereocenters. The van der Waals surface area contributed by atoms with Crippen molar-refractivity contribution in [2.45, 2.75) is 39.8 Å². The Morgan fingerprint density at radius 1 is 0.574 bits per heavy atom. The minimum absolute atomic E-state index is 0.0285. The number of nitrogens with zero attached hydrogens (tertiary/aromatic N) is 8. The number of aryl methyl sites for hydroxylation is 2. The van der Waals surface area contributed by atoms with Gasteiger partial charge in [0.05, 0.1) is 40.5 Å². The normalized spacial score (nSPS) is 12.3. The van der Waals surface area contributed by atoms with Crippen LogP contribution in [0.1, 0.15) is 48.4 Å². The molecule has 0 saturated heterocycles. The molecule has 0 aliphatic heterocycles. The molecule has 14 nitrogen and oxygen atoms in total. The van der Waals surface area contributed by atoms with E-state index >= 15 is 0 Å². The Kier molecular flexibility index (Phi) is 10.3. The number of rotatable bonds is 8. The molecule has 0 radical (unpaired) electrons. The minimum Gasteiger partial charge on any atom is -0.360 e. The molecule has 0 spiro atoms. The number of aromatic amines is 2. The molecule has 0 unspecified atom stereocenters. The number of benzene rings is 4. The molecule has 15 heteroatoms. The zero-order chi connectivity index (χ0) is 42.2. The molecule has 0 fully saturated rings. The fourth-order valence-corrected chi connectivity index (χ4v) is 7.98. The van der Waals surface area contributed by atoms with E-state index < -0.39 is 0 Å². The van der Waals surface area contributed by atoms with Gasteiger partial charge in [-0.2, -0.15) is 0 Å². The second-order valence-electron chi connectivity index (χ2n) is 14.7. The number of nitrogens with one attached hydrogen (secondary N) is 4. The zero-order valence-electron chi connectivity index (χ0n) is 33.6. The quantitative estimate of drug-likeness (QED) is 0.116. The number of hydrogen-bond donors (Lipinski definition) is 4. The molecule has 6 aromatic heterocycles. The first-order chi connectivity index (χ1) is 29.7. The molecule has 6 heterocycles. The smallest absolute Gasteiger partial charge is 0.264 e. The van der Waals surface area contributed by atoms with Crippen LogP contribution in [0.5, 0.6) is 0 Å². The summed E-state index contributed by atoms with van der Waals surface area (Å²) >= 11 is 6.38. The van der Waals surface area contributed by atoms with Crippen LogP contribution in [0.3, 0.4) is 0 Å². The maximum Gasteiger partial charge on any atom is 0.264 e. The Bertz CT molecular complexity index is 3360. The maximum absolute atomic E-state index is 13.7. The van der Waals surface area contributed by atoms with Crippen LogP contribution < -0.4 is 21.8 Å². The van der Waals surface area contributed by atoms with Gasteiger partial charge in [0.15, 0.2) is 22.9 Å². The van der Waals surface area contributed by atoms with Gasteiger partial charge >= 0.3 is 0 Å². The second kappa shape index (κ2) is 16.2. The number of aromatic nitrogens is 10. The van der Waals surface area contributed by atoms with Crippen LogP contribution in [0, 0.1) is 13.8 Å². The third-order valence-electron chi connectivity index (χ3n) is 10.6. The van der Waals surface area contributed by atoms with Gasteiger partial charge in [-0.1, -0.05) is 72.3 Å². The fourth-order valence-electron chi connectivity index (χ4n) is 7.72. The van der Waals surface area contributed by atoms with E-state index in [-0.39, 0.29) is 23.2 Å². The minimum atomic E-state index is -0.248. The lowest BCUT2D eigenvalue weighted by Gasteiger charge is -2.22. The van der Waals surface area contributed by atoms with Crippen molar-refractivity contribution in [3.63, 3.8) is 0 Å². The van der Waals surface area contributed by atoms with Crippen LogP contribution in [-0.4, -0.2) is 49.0 Å². The molecule has 0 aliphatic rings. The van der Waals surface area contributed by atoms with Gasteiger partial charge in [0, 0.05) is 22.8 Å². The highest BCUT2D eigenvalue weighted by atomic mass is 35.5. The van der Waals surface area contributed by atoms with Gasteiger partial charge in [-0.15, -0.1) is 0 Å². The number of H-pyrrole nitrogens is 2. The molecule has 61 heavy (non-hydrogen) atoms. The summed E-state index contributed by atoms with van der Waals surface area (Å²) < 4.78 is 3.49. The van der Waals surface area contributed by atoms with Crippen molar-refractivity contribution in [3.05, 3.63) is 177 Å². The third-order valence-corrected chi connectivity index (χ3v) is 10.9. The topological polar surface area (TPSA) is 177 Å². The van der Waals surface area contributed by atoms with E-state index in [0.29, 0.717) is 38.9 Å². The molecule has 0 saturated carbocycles. The van der Waals surface area contributed by atoms with Crippen molar-refractivity contribution in [2.24, 2.45) is 0 Å². The Hall–Kier alpha value is -7.71. The lowest BCUT2D eigenvalue weighted by molar-refractivity contribution is 0.773. The lowest BCUT2D eigenvalue weighted by Crippen LogP contribution is -2.26. The van der Waals surface area contributed by atoms with Crippen LogP contribution in [0.4, 0.5) is 11.6 Å².